The van der Waals surface area contributed by atoms with Gasteiger partial charge in [-0.25, -0.2) is 4.52 Å². The minimum absolute atomic E-state index is 0.173. The third-order valence-corrected chi connectivity index (χ3v) is 3.50. The zero-order valence-electron chi connectivity index (χ0n) is 9.96. The lowest BCUT2D eigenvalue weighted by Gasteiger charge is -2.05. The van der Waals surface area contributed by atoms with E-state index in [9.17, 15) is 4.79 Å². The molecular weight excluding hydrogens is 317 g/mol. The standard InChI is InChI=1S/C13H7Cl2N3OS/c14-9-3-1-8(2-4-9)12(19)18-13(20)16-11-6-5-10(15)7-17(11)18/h1-7H. The fourth-order valence-corrected chi connectivity index (χ4v) is 2.39. The summed E-state index contributed by atoms with van der Waals surface area (Å²) in [5, 5.41) is 1.05. The summed E-state index contributed by atoms with van der Waals surface area (Å²) in [5.74, 6) is -0.290. The number of halogens is 2. The van der Waals surface area contributed by atoms with Crippen LogP contribution in [0.4, 0.5) is 0 Å². The van der Waals surface area contributed by atoms with Crippen LogP contribution in [0.5, 0.6) is 0 Å². The second-order valence-electron chi connectivity index (χ2n) is 4.07. The third kappa shape index (κ3) is 2.24. The van der Waals surface area contributed by atoms with Crippen molar-refractivity contribution in [2.45, 2.75) is 0 Å². The smallest absolute Gasteiger partial charge is 0.267 e. The van der Waals surface area contributed by atoms with E-state index in [0.717, 1.165) is 0 Å². The molecule has 0 aliphatic rings. The number of rotatable bonds is 1. The van der Waals surface area contributed by atoms with E-state index in [1.807, 2.05) is 0 Å². The molecule has 0 bridgehead atoms. The normalized spacial score (nSPS) is 10.9. The summed E-state index contributed by atoms with van der Waals surface area (Å²) in [4.78, 5) is 16.7. The molecular formula is C13H7Cl2N3OS. The molecule has 0 aliphatic heterocycles. The first-order valence-corrected chi connectivity index (χ1v) is 6.80. The molecule has 0 spiro atoms. The summed E-state index contributed by atoms with van der Waals surface area (Å²) >= 11 is 16.9. The SMILES string of the molecule is O=C(c1ccc(Cl)cc1)n1c(=S)nc2ccc(Cl)cn21. The van der Waals surface area contributed by atoms with Crippen LogP contribution in [0.1, 0.15) is 10.4 Å². The Kier molecular flexibility index (Phi) is 3.33. The molecule has 3 rings (SSSR count). The predicted molar refractivity (Wildman–Crippen MR) is 80.2 cm³/mol. The molecule has 0 unspecified atom stereocenters. The van der Waals surface area contributed by atoms with Crippen LogP contribution in [0.2, 0.25) is 10.0 Å². The number of hydrogen-bond donors (Lipinski definition) is 0. The highest BCUT2D eigenvalue weighted by molar-refractivity contribution is 7.71. The predicted octanol–water partition coefficient (Wildman–Crippen LogP) is 3.86. The maximum absolute atomic E-state index is 12.5. The number of pyridine rings is 1. The second kappa shape index (κ2) is 5.01. The Morgan fingerprint density at radius 2 is 1.70 bits per heavy atom. The molecule has 0 amide bonds. The average molecular weight is 324 g/mol. The van der Waals surface area contributed by atoms with Crippen molar-refractivity contribution in [3.63, 3.8) is 0 Å². The third-order valence-electron chi connectivity index (χ3n) is 2.76. The van der Waals surface area contributed by atoms with Gasteiger partial charge in [-0.05, 0) is 48.6 Å². The molecule has 7 heteroatoms. The number of fused-ring (bicyclic) bond motifs is 1. The Labute approximate surface area is 129 Å². The summed E-state index contributed by atoms with van der Waals surface area (Å²) < 4.78 is 2.99. The highest BCUT2D eigenvalue weighted by Crippen LogP contribution is 2.14. The first kappa shape index (κ1) is 13.3. The zero-order valence-corrected chi connectivity index (χ0v) is 12.3. The summed E-state index contributed by atoms with van der Waals surface area (Å²) in [7, 11) is 0. The number of nitrogens with zero attached hydrogens (tertiary/aromatic N) is 3. The van der Waals surface area contributed by atoms with Gasteiger partial charge in [-0.1, -0.05) is 23.2 Å². The van der Waals surface area contributed by atoms with Crippen molar-refractivity contribution in [1.82, 2.24) is 14.2 Å². The molecule has 2 heterocycles. The first-order chi connectivity index (χ1) is 9.56. The molecule has 0 N–H and O–H groups in total. The van der Waals surface area contributed by atoms with Gasteiger partial charge in [0.2, 0.25) is 4.77 Å². The minimum Gasteiger partial charge on any atom is -0.267 e. The van der Waals surface area contributed by atoms with Gasteiger partial charge < -0.3 is 0 Å². The lowest BCUT2D eigenvalue weighted by atomic mass is 10.2. The first-order valence-electron chi connectivity index (χ1n) is 5.63. The van der Waals surface area contributed by atoms with Gasteiger partial charge in [0.1, 0.15) is 0 Å². The van der Waals surface area contributed by atoms with Crippen molar-refractivity contribution in [1.29, 1.82) is 0 Å². The molecule has 0 aliphatic carbocycles. The summed E-state index contributed by atoms with van der Waals surface area (Å²) in [6.45, 7) is 0. The van der Waals surface area contributed by atoms with E-state index in [-0.39, 0.29) is 10.7 Å². The Morgan fingerprint density at radius 1 is 1.05 bits per heavy atom. The Morgan fingerprint density at radius 3 is 2.40 bits per heavy atom. The van der Waals surface area contributed by atoms with E-state index in [1.54, 1.807) is 42.6 Å². The van der Waals surface area contributed by atoms with Crippen molar-refractivity contribution in [2.75, 3.05) is 0 Å². The zero-order chi connectivity index (χ0) is 14.3. The minimum atomic E-state index is -0.290. The Balaban J connectivity index is 2.21. The molecule has 4 nitrogen and oxygen atoms in total. The Hall–Kier alpha value is -1.69. The second-order valence-corrected chi connectivity index (χ2v) is 5.31. The van der Waals surface area contributed by atoms with Crippen molar-refractivity contribution in [3.05, 3.63) is 63.0 Å². The number of benzene rings is 1. The molecule has 0 saturated heterocycles. The van der Waals surface area contributed by atoms with E-state index >= 15 is 0 Å². The van der Waals surface area contributed by atoms with Crippen molar-refractivity contribution in [2.24, 2.45) is 0 Å². The quantitative estimate of drug-likeness (QED) is 0.638. The largest absolute Gasteiger partial charge is 0.279 e. The van der Waals surface area contributed by atoms with E-state index in [1.165, 1.54) is 9.20 Å². The van der Waals surface area contributed by atoms with Crippen LogP contribution in [0.3, 0.4) is 0 Å². The number of carbonyl (C=O) groups excluding carboxylic acids is 1. The van der Waals surface area contributed by atoms with E-state index in [0.29, 0.717) is 21.3 Å². The van der Waals surface area contributed by atoms with Gasteiger partial charge in [0, 0.05) is 16.8 Å². The number of hydrogen-bond acceptors (Lipinski definition) is 3. The van der Waals surface area contributed by atoms with Crippen LogP contribution in [-0.2, 0) is 0 Å². The summed E-state index contributed by atoms with van der Waals surface area (Å²) in [5.41, 5.74) is 1.02. The monoisotopic (exact) mass is 323 g/mol. The molecule has 2 aromatic heterocycles. The van der Waals surface area contributed by atoms with Crippen LogP contribution in [0.15, 0.2) is 42.6 Å². The average Bonchev–Trinajstić information content (AvgIpc) is 2.74. The van der Waals surface area contributed by atoms with Crippen molar-refractivity contribution in [3.8, 4) is 0 Å². The molecule has 0 fully saturated rings. The number of carbonyl (C=O) groups is 1. The fraction of sp³-hybridized carbons (Fsp3) is 0. The maximum Gasteiger partial charge on any atom is 0.279 e. The van der Waals surface area contributed by atoms with E-state index in [4.69, 9.17) is 35.4 Å². The highest BCUT2D eigenvalue weighted by Gasteiger charge is 2.14. The maximum atomic E-state index is 12.5. The van der Waals surface area contributed by atoms with Crippen molar-refractivity contribution < 1.29 is 4.79 Å². The van der Waals surface area contributed by atoms with Crippen LogP contribution >= 0.6 is 35.4 Å². The molecule has 3 aromatic rings. The summed E-state index contributed by atoms with van der Waals surface area (Å²) in [6.07, 6.45) is 1.59. The Bertz CT molecular complexity index is 867. The van der Waals surface area contributed by atoms with Gasteiger partial charge in [0.25, 0.3) is 5.91 Å². The topological polar surface area (TPSA) is 39.3 Å². The van der Waals surface area contributed by atoms with Crippen LogP contribution in [-0.4, -0.2) is 20.1 Å². The summed E-state index contributed by atoms with van der Waals surface area (Å²) in [6, 6.07) is 9.95. The van der Waals surface area contributed by atoms with Crippen LogP contribution < -0.4 is 0 Å². The molecule has 0 radical (unpaired) electrons. The van der Waals surface area contributed by atoms with Crippen LogP contribution in [0.25, 0.3) is 5.65 Å². The van der Waals surface area contributed by atoms with E-state index < -0.39 is 0 Å². The van der Waals surface area contributed by atoms with Gasteiger partial charge >= 0.3 is 0 Å². The lowest BCUT2D eigenvalue weighted by Crippen LogP contribution is -2.17. The fourth-order valence-electron chi connectivity index (χ4n) is 1.84. The molecule has 0 atom stereocenters. The molecule has 0 saturated carbocycles. The molecule has 20 heavy (non-hydrogen) atoms. The van der Waals surface area contributed by atoms with Crippen molar-refractivity contribution >= 4 is 47.0 Å². The van der Waals surface area contributed by atoms with Gasteiger partial charge in [0.05, 0.1) is 5.02 Å². The molecule has 1 aromatic carbocycles. The van der Waals surface area contributed by atoms with Gasteiger partial charge in [-0.2, -0.15) is 9.67 Å². The van der Waals surface area contributed by atoms with Gasteiger partial charge in [-0.15, -0.1) is 0 Å². The van der Waals surface area contributed by atoms with E-state index in [2.05, 4.69) is 4.98 Å². The highest BCUT2D eigenvalue weighted by atomic mass is 35.5. The molecule has 100 valence electrons. The van der Waals surface area contributed by atoms with Gasteiger partial charge in [0.15, 0.2) is 5.65 Å². The van der Waals surface area contributed by atoms with Gasteiger partial charge in [-0.3, -0.25) is 4.79 Å². The lowest BCUT2D eigenvalue weighted by molar-refractivity contribution is 0.0938. The van der Waals surface area contributed by atoms with Crippen LogP contribution in [0, 0.1) is 4.77 Å². The number of aromatic nitrogens is 3.